The summed E-state index contributed by atoms with van der Waals surface area (Å²) in [6, 6.07) is 0. The van der Waals surface area contributed by atoms with Gasteiger partial charge in [-0.3, -0.25) is 0 Å². The van der Waals surface area contributed by atoms with Crippen molar-refractivity contribution in [2.24, 2.45) is 5.14 Å². The zero-order valence-corrected chi connectivity index (χ0v) is 8.24. The second-order valence-electron chi connectivity index (χ2n) is 3.07. The molecule has 2 heterocycles. The summed E-state index contributed by atoms with van der Waals surface area (Å²) in [5.74, 6) is 0. The van der Waals surface area contributed by atoms with Gasteiger partial charge in [-0.25, -0.2) is 13.6 Å². The fourth-order valence-corrected chi connectivity index (χ4v) is 1.97. The average molecular weight is 210 g/mol. The van der Waals surface area contributed by atoms with E-state index in [1.807, 2.05) is 29.3 Å². The summed E-state index contributed by atoms with van der Waals surface area (Å²) in [7, 11) is -3.58. The molecule has 74 valence electrons. The minimum Gasteiger partial charge on any atom is -0.344 e. The summed E-state index contributed by atoms with van der Waals surface area (Å²) in [5, 5.41) is 5.03. The van der Waals surface area contributed by atoms with E-state index in [2.05, 4.69) is 0 Å². The Hall–Kier alpha value is -1.33. The summed E-state index contributed by atoms with van der Waals surface area (Å²) in [4.78, 5) is 2.12. The van der Waals surface area contributed by atoms with Crippen LogP contribution >= 0.6 is 0 Å². The van der Waals surface area contributed by atoms with Crippen LogP contribution in [0.15, 0.2) is 47.2 Å². The standard InChI is InChI=1S/C9H10N2O2S/c10-14(12,13)9-4-6-11-5-2-1-3-8(11)7-9/h1-5,7H,6H2,(H2,10,12,13). The monoisotopic (exact) mass is 210 g/mol. The Morgan fingerprint density at radius 3 is 2.86 bits per heavy atom. The summed E-state index contributed by atoms with van der Waals surface area (Å²) in [6.07, 6.45) is 10.7. The lowest BCUT2D eigenvalue weighted by Gasteiger charge is -2.25. The predicted octanol–water partition coefficient (Wildman–Crippen LogP) is 0.442. The molecule has 2 aliphatic heterocycles. The van der Waals surface area contributed by atoms with E-state index in [1.165, 1.54) is 0 Å². The minimum atomic E-state index is -3.58. The molecule has 0 aromatic heterocycles. The van der Waals surface area contributed by atoms with E-state index < -0.39 is 10.0 Å². The Balaban J connectivity index is 2.38. The molecular formula is C9H10N2O2S. The molecule has 0 saturated carbocycles. The van der Waals surface area contributed by atoms with Crippen molar-refractivity contribution >= 4 is 10.0 Å². The van der Waals surface area contributed by atoms with Crippen molar-refractivity contribution in [1.29, 1.82) is 0 Å². The van der Waals surface area contributed by atoms with Gasteiger partial charge in [0.2, 0.25) is 10.0 Å². The maximum absolute atomic E-state index is 11.1. The van der Waals surface area contributed by atoms with Crippen molar-refractivity contribution < 1.29 is 8.42 Å². The quantitative estimate of drug-likeness (QED) is 0.683. The van der Waals surface area contributed by atoms with Crippen molar-refractivity contribution in [2.75, 3.05) is 6.54 Å². The molecule has 5 heteroatoms. The number of nitrogens with zero attached hydrogens (tertiary/aromatic N) is 1. The lowest BCUT2D eigenvalue weighted by Crippen LogP contribution is -2.24. The highest BCUT2D eigenvalue weighted by Crippen LogP contribution is 2.21. The molecule has 0 aromatic rings. The molecule has 2 rings (SSSR count). The fraction of sp³-hybridized carbons (Fsp3) is 0.111. The van der Waals surface area contributed by atoms with Gasteiger partial charge in [0.15, 0.2) is 0 Å². The highest BCUT2D eigenvalue weighted by atomic mass is 32.2. The summed E-state index contributed by atoms with van der Waals surface area (Å²) >= 11 is 0. The van der Waals surface area contributed by atoms with Crippen molar-refractivity contribution in [3.05, 3.63) is 47.2 Å². The highest BCUT2D eigenvalue weighted by molar-refractivity contribution is 7.93. The van der Waals surface area contributed by atoms with Gasteiger partial charge in [-0.05, 0) is 24.3 Å². The molecule has 0 unspecified atom stereocenters. The van der Waals surface area contributed by atoms with Gasteiger partial charge in [-0.2, -0.15) is 0 Å². The molecule has 2 aliphatic rings. The third kappa shape index (κ3) is 1.64. The Labute approximate surface area is 82.7 Å². The maximum atomic E-state index is 11.1. The van der Waals surface area contributed by atoms with Crippen molar-refractivity contribution in [1.82, 2.24) is 4.90 Å². The van der Waals surface area contributed by atoms with E-state index in [1.54, 1.807) is 12.2 Å². The van der Waals surface area contributed by atoms with E-state index in [-0.39, 0.29) is 4.91 Å². The number of primary sulfonamides is 1. The summed E-state index contributed by atoms with van der Waals surface area (Å²) in [5.41, 5.74) is 0.846. The molecule has 4 nitrogen and oxygen atoms in total. The van der Waals surface area contributed by atoms with E-state index in [4.69, 9.17) is 5.14 Å². The highest BCUT2D eigenvalue weighted by Gasteiger charge is 2.17. The number of allylic oxidation sites excluding steroid dienone is 4. The van der Waals surface area contributed by atoms with Crippen LogP contribution in [-0.4, -0.2) is 19.9 Å². The number of hydrogen-bond donors (Lipinski definition) is 1. The summed E-state index contributed by atoms with van der Waals surface area (Å²) in [6.45, 7) is 0.540. The van der Waals surface area contributed by atoms with Crippen LogP contribution in [0.4, 0.5) is 0 Å². The van der Waals surface area contributed by atoms with Gasteiger partial charge in [0.1, 0.15) is 0 Å². The molecule has 14 heavy (non-hydrogen) atoms. The van der Waals surface area contributed by atoms with E-state index in [0.717, 1.165) is 5.70 Å². The molecular weight excluding hydrogens is 200 g/mol. The van der Waals surface area contributed by atoms with Crippen LogP contribution in [0.1, 0.15) is 0 Å². The third-order valence-electron chi connectivity index (χ3n) is 2.08. The molecule has 0 radical (unpaired) electrons. The minimum absolute atomic E-state index is 0.184. The molecule has 0 bridgehead atoms. The second kappa shape index (κ2) is 3.11. The zero-order chi connectivity index (χ0) is 10.2. The van der Waals surface area contributed by atoms with Crippen LogP contribution in [-0.2, 0) is 10.0 Å². The van der Waals surface area contributed by atoms with Gasteiger partial charge in [0.25, 0.3) is 0 Å². The predicted molar refractivity (Wildman–Crippen MR) is 54.3 cm³/mol. The molecule has 0 saturated heterocycles. The Kier molecular flexibility index (Phi) is 2.05. The van der Waals surface area contributed by atoms with Gasteiger partial charge in [0, 0.05) is 18.4 Å². The largest absolute Gasteiger partial charge is 0.344 e. The van der Waals surface area contributed by atoms with Gasteiger partial charge in [-0.1, -0.05) is 6.08 Å². The Morgan fingerprint density at radius 2 is 2.14 bits per heavy atom. The van der Waals surface area contributed by atoms with Gasteiger partial charge >= 0.3 is 0 Å². The molecule has 0 fully saturated rings. The number of sulfonamides is 1. The zero-order valence-electron chi connectivity index (χ0n) is 7.42. The lowest BCUT2D eigenvalue weighted by atomic mass is 10.2. The molecule has 0 aliphatic carbocycles. The Morgan fingerprint density at radius 1 is 1.36 bits per heavy atom. The molecule has 0 aromatic carbocycles. The first-order valence-electron chi connectivity index (χ1n) is 4.13. The fourth-order valence-electron chi connectivity index (χ4n) is 1.38. The van der Waals surface area contributed by atoms with Crippen molar-refractivity contribution in [3.8, 4) is 0 Å². The smallest absolute Gasteiger partial charge is 0.237 e. The maximum Gasteiger partial charge on any atom is 0.237 e. The first-order valence-corrected chi connectivity index (χ1v) is 5.68. The van der Waals surface area contributed by atoms with Crippen LogP contribution in [0.25, 0.3) is 0 Å². The van der Waals surface area contributed by atoms with Crippen LogP contribution in [0.2, 0.25) is 0 Å². The van der Waals surface area contributed by atoms with E-state index in [9.17, 15) is 8.42 Å². The van der Waals surface area contributed by atoms with Crippen LogP contribution < -0.4 is 5.14 Å². The summed E-state index contributed by atoms with van der Waals surface area (Å²) < 4.78 is 22.1. The first kappa shape index (κ1) is 9.23. The Bertz CT molecular complexity index is 469. The SMILES string of the molecule is NS(=O)(=O)C1=CCN2C=CC=CC2=C1. The van der Waals surface area contributed by atoms with Gasteiger partial charge < -0.3 is 4.90 Å². The number of hydrogen-bond acceptors (Lipinski definition) is 3. The van der Waals surface area contributed by atoms with Crippen LogP contribution in [0, 0.1) is 0 Å². The van der Waals surface area contributed by atoms with Crippen LogP contribution in [0.3, 0.4) is 0 Å². The lowest BCUT2D eigenvalue weighted by molar-refractivity contribution is 0.521. The average Bonchev–Trinajstić information content (AvgIpc) is 2.16. The van der Waals surface area contributed by atoms with Gasteiger partial charge in [0.05, 0.1) is 4.91 Å². The van der Waals surface area contributed by atoms with Crippen LogP contribution in [0.5, 0.6) is 0 Å². The number of fused-ring (bicyclic) bond motifs is 1. The normalized spacial score (nSPS) is 20.2. The molecule has 2 N–H and O–H groups in total. The van der Waals surface area contributed by atoms with Crippen molar-refractivity contribution in [2.45, 2.75) is 0 Å². The second-order valence-corrected chi connectivity index (χ2v) is 4.64. The third-order valence-corrected chi connectivity index (χ3v) is 3.03. The van der Waals surface area contributed by atoms with Gasteiger partial charge in [-0.15, -0.1) is 0 Å². The topological polar surface area (TPSA) is 63.4 Å². The molecule has 0 amide bonds. The first-order chi connectivity index (χ1) is 6.57. The molecule has 0 spiro atoms. The number of rotatable bonds is 1. The van der Waals surface area contributed by atoms with E-state index in [0.29, 0.717) is 6.54 Å². The number of nitrogens with two attached hydrogens (primary N) is 1. The van der Waals surface area contributed by atoms with Crippen molar-refractivity contribution in [3.63, 3.8) is 0 Å². The van der Waals surface area contributed by atoms with E-state index >= 15 is 0 Å². The molecule has 0 atom stereocenters.